The van der Waals surface area contributed by atoms with Crippen LogP contribution in [-0.2, 0) is 0 Å². The Bertz CT molecular complexity index is 380. The first kappa shape index (κ1) is 14.3. The minimum Gasteiger partial charge on any atom is -0.493 e. The van der Waals surface area contributed by atoms with Crippen molar-refractivity contribution in [3.8, 4) is 11.5 Å². The molecule has 0 heterocycles. The van der Waals surface area contributed by atoms with Gasteiger partial charge in [-0.05, 0) is 44.0 Å². The maximum atomic E-state index is 5.70. The van der Waals surface area contributed by atoms with E-state index < -0.39 is 0 Å². The van der Waals surface area contributed by atoms with E-state index in [1.54, 1.807) is 7.11 Å². The summed E-state index contributed by atoms with van der Waals surface area (Å²) in [6, 6.07) is 3.93. The highest BCUT2D eigenvalue weighted by molar-refractivity contribution is 9.10. The molecule has 3 nitrogen and oxygen atoms in total. The van der Waals surface area contributed by atoms with E-state index in [2.05, 4.69) is 22.9 Å². The highest BCUT2D eigenvalue weighted by Crippen LogP contribution is 2.36. The molecule has 4 heteroatoms. The quantitative estimate of drug-likeness (QED) is 0.907. The molecule has 17 heavy (non-hydrogen) atoms. The lowest BCUT2D eigenvalue weighted by Crippen LogP contribution is -2.11. The predicted octanol–water partition coefficient (Wildman–Crippen LogP) is 3.31. The molecular formula is C13H20BrNO2. The molecule has 1 aromatic carbocycles. The minimum atomic E-state index is 0.119. The third-order valence-electron chi connectivity index (χ3n) is 2.53. The van der Waals surface area contributed by atoms with Gasteiger partial charge < -0.3 is 15.2 Å². The Balaban J connectivity index is 3.14. The van der Waals surface area contributed by atoms with Gasteiger partial charge in [-0.15, -0.1) is 0 Å². The van der Waals surface area contributed by atoms with Crippen molar-refractivity contribution in [3.63, 3.8) is 0 Å². The van der Waals surface area contributed by atoms with Gasteiger partial charge in [-0.3, -0.25) is 0 Å². The van der Waals surface area contributed by atoms with E-state index in [1.807, 2.05) is 26.0 Å². The van der Waals surface area contributed by atoms with Crippen LogP contribution in [0.1, 0.15) is 32.3 Å². The van der Waals surface area contributed by atoms with E-state index in [0.717, 1.165) is 21.5 Å². The van der Waals surface area contributed by atoms with Gasteiger partial charge in [-0.25, -0.2) is 0 Å². The van der Waals surface area contributed by atoms with Crippen LogP contribution < -0.4 is 15.2 Å². The van der Waals surface area contributed by atoms with Crippen LogP contribution in [0.4, 0.5) is 0 Å². The van der Waals surface area contributed by atoms with Gasteiger partial charge in [-0.1, -0.05) is 22.9 Å². The SMILES string of the molecule is COc1cc(C(C)CN)c(Br)cc1OC(C)C. The second kappa shape index (κ2) is 6.26. The summed E-state index contributed by atoms with van der Waals surface area (Å²) in [4.78, 5) is 0. The Morgan fingerprint density at radius 2 is 1.88 bits per heavy atom. The molecule has 1 atom stereocenters. The highest BCUT2D eigenvalue weighted by Gasteiger charge is 2.14. The van der Waals surface area contributed by atoms with Crippen molar-refractivity contribution in [2.45, 2.75) is 32.8 Å². The van der Waals surface area contributed by atoms with Gasteiger partial charge in [0.25, 0.3) is 0 Å². The summed E-state index contributed by atoms with van der Waals surface area (Å²) in [5, 5.41) is 0. The Morgan fingerprint density at radius 1 is 1.24 bits per heavy atom. The molecule has 1 unspecified atom stereocenters. The van der Waals surface area contributed by atoms with Crippen molar-refractivity contribution in [1.29, 1.82) is 0 Å². The molecule has 2 N–H and O–H groups in total. The van der Waals surface area contributed by atoms with E-state index in [9.17, 15) is 0 Å². The van der Waals surface area contributed by atoms with Crippen molar-refractivity contribution >= 4 is 15.9 Å². The Morgan fingerprint density at radius 3 is 2.35 bits per heavy atom. The van der Waals surface area contributed by atoms with Gasteiger partial charge in [0.15, 0.2) is 11.5 Å². The largest absolute Gasteiger partial charge is 0.493 e. The fourth-order valence-electron chi connectivity index (χ4n) is 1.56. The molecule has 0 bridgehead atoms. The standard InChI is InChI=1S/C13H20BrNO2/c1-8(2)17-13-6-11(14)10(9(3)7-15)5-12(13)16-4/h5-6,8-9H,7,15H2,1-4H3. The van der Waals surface area contributed by atoms with Crippen LogP contribution in [-0.4, -0.2) is 19.8 Å². The Kier molecular flexibility index (Phi) is 5.28. The first-order chi connectivity index (χ1) is 7.99. The Hall–Kier alpha value is -0.740. The third-order valence-corrected chi connectivity index (χ3v) is 3.22. The highest BCUT2D eigenvalue weighted by atomic mass is 79.9. The maximum absolute atomic E-state index is 5.70. The molecule has 1 rings (SSSR count). The van der Waals surface area contributed by atoms with Gasteiger partial charge in [0.2, 0.25) is 0 Å². The first-order valence-corrected chi connectivity index (χ1v) is 6.53. The average molecular weight is 302 g/mol. The summed E-state index contributed by atoms with van der Waals surface area (Å²) in [7, 11) is 1.65. The van der Waals surface area contributed by atoms with Gasteiger partial charge in [0.1, 0.15) is 0 Å². The monoisotopic (exact) mass is 301 g/mol. The van der Waals surface area contributed by atoms with Crippen LogP contribution in [0.2, 0.25) is 0 Å². The van der Waals surface area contributed by atoms with Crippen LogP contribution >= 0.6 is 15.9 Å². The van der Waals surface area contributed by atoms with Gasteiger partial charge in [-0.2, -0.15) is 0 Å². The molecule has 0 aliphatic heterocycles. The summed E-state index contributed by atoms with van der Waals surface area (Å²) in [6.45, 7) is 6.67. The second-order valence-corrected chi connectivity index (χ2v) is 5.18. The summed E-state index contributed by atoms with van der Waals surface area (Å²) in [6.07, 6.45) is 0.119. The summed E-state index contributed by atoms with van der Waals surface area (Å²) < 4.78 is 12.1. The van der Waals surface area contributed by atoms with Crippen LogP contribution in [0.3, 0.4) is 0 Å². The third kappa shape index (κ3) is 3.61. The molecule has 96 valence electrons. The summed E-state index contributed by atoms with van der Waals surface area (Å²) in [5.41, 5.74) is 6.83. The lowest BCUT2D eigenvalue weighted by molar-refractivity contribution is 0.230. The Labute approximate surface area is 111 Å². The van der Waals surface area contributed by atoms with Crippen LogP contribution in [0, 0.1) is 0 Å². The number of hydrogen-bond donors (Lipinski definition) is 1. The molecule has 0 aliphatic rings. The van der Waals surface area contributed by atoms with Crippen LogP contribution in [0.5, 0.6) is 11.5 Å². The van der Waals surface area contributed by atoms with Crippen molar-refractivity contribution in [3.05, 3.63) is 22.2 Å². The van der Waals surface area contributed by atoms with Crippen molar-refractivity contribution < 1.29 is 9.47 Å². The molecular weight excluding hydrogens is 282 g/mol. The lowest BCUT2D eigenvalue weighted by atomic mass is 10.0. The molecule has 0 spiro atoms. The second-order valence-electron chi connectivity index (χ2n) is 4.33. The van der Waals surface area contributed by atoms with Crippen molar-refractivity contribution in [2.24, 2.45) is 5.73 Å². The van der Waals surface area contributed by atoms with E-state index in [0.29, 0.717) is 6.54 Å². The summed E-state index contributed by atoms with van der Waals surface area (Å²) >= 11 is 3.55. The molecule has 0 saturated carbocycles. The minimum absolute atomic E-state index is 0.119. The maximum Gasteiger partial charge on any atom is 0.162 e. The number of nitrogens with two attached hydrogens (primary N) is 1. The number of ether oxygens (including phenoxy) is 2. The summed E-state index contributed by atoms with van der Waals surface area (Å²) in [5.74, 6) is 1.78. The average Bonchev–Trinajstić information content (AvgIpc) is 2.27. The number of rotatable bonds is 5. The zero-order valence-electron chi connectivity index (χ0n) is 10.8. The van der Waals surface area contributed by atoms with E-state index in [1.165, 1.54) is 0 Å². The zero-order valence-corrected chi connectivity index (χ0v) is 12.4. The number of benzene rings is 1. The lowest BCUT2D eigenvalue weighted by Gasteiger charge is -2.18. The van der Waals surface area contributed by atoms with Crippen molar-refractivity contribution in [1.82, 2.24) is 0 Å². The molecule has 0 fully saturated rings. The van der Waals surface area contributed by atoms with E-state index in [-0.39, 0.29) is 12.0 Å². The van der Waals surface area contributed by atoms with Gasteiger partial charge in [0.05, 0.1) is 13.2 Å². The first-order valence-electron chi connectivity index (χ1n) is 5.73. The molecule has 0 amide bonds. The van der Waals surface area contributed by atoms with Gasteiger partial charge in [0, 0.05) is 4.47 Å². The smallest absolute Gasteiger partial charge is 0.162 e. The van der Waals surface area contributed by atoms with Gasteiger partial charge >= 0.3 is 0 Å². The number of halogens is 1. The fourth-order valence-corrected chi connectivity index (χ4v) is 2.27. The molecule has 0 saturated heterocycles. The zero-order chi connectivity index (χ0) is 13.0. The van der Waals surface area contributed by atoms with Crippen molar-refractivity contribution in [2.75, 3.05) is 13.7 Å². The number of methoxy groups -OCH3 is 1. The van der Waals surface area contributed by atoms with Crippen LogP contribution in [0.15, 0.2) is 16.6 Å². The number of hydrogen-bond acceptors (Lipinski definition) is 3. The van der Waals surface area contributed by atoms with E-state index in [4.69, 9.17) is 15.2 Å². The fraction of sp³-hybridized carbons (Fsp3) is 0.538. The topological polar surface area (TPSA) is 44.5 Å². The normalized spacial score (nSPS) is 12.6. The molecule has 0 aromatic heterocycles. The molecule has 0 radical (unpaired) electrons. The predicted molar refractivity (Wildman–Crippen MR) is 73.9 cm³/mol. The van der Waals surface area contributed by atoms with Crippen LogP contribution in [0.25, 0.3) is 0 Å². The van der Waals surface area contributed by atoms with E-state index >= 15 is 0 Å². The molecule has 0 aliphatic carbocycles. The molecule has 1 aromatic rings.